The van der Waals surface area contributed by atoms with E-state index in [1.54, 1.807) is 6.92 Å². The molecule has 1 aromatic carbocycles. The summed E-state index contributed by atoms with van der Waals surface area (Å²) < 4.78 is 44.6. The van der Waals surface area contributed by atoms with E-state index >= 15 is 0 Å². The van der Waals surface area contributed by atoms with Crippen LogP contribution in [0.3, 0.4) is 0 Å². The topological polar surface area (TPSA) is 69.7 Å². The number of hydrogen-bond donors (Lipinski definition) is 0. The van der Waals surface area contributed by atoms with Crippen molar-refractivity contribution in [1.29, 1.82) is 0 Å². The predicted octanol–water partition coefficient (Wildman–Crippen LogP) is 1.33. The molecule has 18 heavy (non-hydrogen) atoms. The average molecular weight is 276 g/mol. The zero-order chi connectivity index (χ0) is 13.8. The van der Waals surface area contributed by atoms with Gasteiger partial charge in [0.1, 0.15) is 5.75 Å². The van der Waals surface area contributed by atoms with E-state index in [1.807, 2.05) is 0 Å². The van der Waals surface area contributed by atoms with Crippen LogP contribution < -0.4 is 4.74 Å². The third-order valence-electron chi connectivity index (χ3n) is 1.96. The molecule has 0 aliphatic heterocycles. The molecule has 0 aliphatic carbocycles. The van der Waals surface area contributed by atoms with E-state index in [4.69, 9.17) is 0 Å². The molecule has 0 amide bonds. The molecule has 0 aliphatic rings. The zero-order valence-electron chi connectivity index (χ0n) is 9.92. The molecule has 1 atom stereocenters. The summed E-state index contributed by atoms with van der Waals surface area (Å²) in [6.45, 7) is 1.60. The highest BCUT2D eigenvalue weighted by atomic mass is 32.2. The molecular weight excluding hydrogens is 263 g/mol. The first kappa shape index (κ1) is 14.4. The largest absolute Gasteiger partial charge is 0.461 e. The number of hydrogen-bond acceptors (Lipinski definition) is 5. The predicted molar refractivity (Wildman–Crippen MR) is 61.7 cm³/mol. The van der Waals surface area contributed by atoms with E-state index in [1.165, 1.54) is 24.3 Å². The Hall–Kier alpha value is -1.63. The molecule has 1 aromatic rings. The Morgan fingerprint density at radius 2 is 1.89 bits per heavy atom. The van der Waals surface area contributed by atoms with Gasteiger partial charge in [-0.25, -0.2) is 13.2 Å². The van der Waals surface area contributed by atoms with Gasteiger partial charge in [0, 0.05) is 6.26 Å². The summed E-state index contributed by atoms with van der Waals surface area (Å²) in [7, 11) is -3.31. The monoisotopic (exact) mass is 276 g/mol. The number of ether oxygens (including phenoxy) is 2. The van der Waals surface area contributed by atoms with Crippen molar-refractivity contribution in [3.05, 3.63) is 24.3 Å². The Morgan fingerprint density at radius 1 is 1.33 bits per heavy atom. The Morgan fingerprint density at radius 3 is 2.33 bits per heavy atom. The second-order valence-electron chi connectivity index (χ2n) is 3.43. The second kappa shape index (κ2) is 5.81. The minimum atomic E-state index is -3.31. The summed E-state index contributed by atoms with van der Waals surface area (Å²) in [4.78, 5) is 11.0. The van der Waals surface area contributed by atoms with Crippen molar-refractivity contribution in [3.8, 4) is 5.75 Å². The Kier molecular flexibility index (Phi) is 4.66. The summed E-state index contributed by atoms with van der Waals surface area (Å²) in [5, 5.41) is 0. The van der Waals surface area contributed by atoms with Crippen molar-refractivity contribution in [2.45, 2.75) is 18.2 Å². The minimum absolute atomic E-state index is 0.0444. The van der Waals surface area contributed by atoms with Gasteiger partial charge in [-0.15, -0.1) is 0 Å². The molecule has 0 radical (unpaired) electrons. The van der Waals surface area contributed by atoms with Crippen LogP contribution in [0.15, 0.2) is 29.2 Å². The lowest BCUT2D eigenvalue weighted by atomic mass is 10.3. The van der Waals surface area contributed by atoms with Crippen LogP contribution in [-0.2, 0) is 19.4 Å². The van der Waals surface area contributed by atoms with Gasteiger partial charge in [-0.1, -0.05) is 0 Å². The van der Waals surface area contributed by atoms with E-state index in [9.17, 15) is 17.6 Å². The maximum absolute atomic E-state index is 13.2. The van der Waals surface area contributed by atoms with Crippen molar-refractivity contribution in [1.82, 2.24) is 0 Å². The lowest BCUT2D eigenvalue weighted by Gasteiger charge is -2.10. The minimum Gasteiger partial charge on any atom is -0.461 e. The smallest absolute Gasteiger partial charge is 0.381 e. The van der Waals surface area contributed by atoms with E-state index in [2.05, 4.69) is 9.47 Å². The number of sulfone groups is 1. The van der Waals surface area contributed by atoms with Crippen LogP contribution in [0.4, 0.5) is 4.39 Å². The summed E-state index contributed by atoms with van der Waals surface area (Å²) >= 11 is 0. The van der Waals surface area contributed by atoms with Crippen molar-refractivity contribution in [2.24, 2.45) is 0 Å². The normalized spacial score (nSPS) is 12.8. The number of carbonyl (C=O) groups excluding carboxylic acids is 1. The molecule has 0 saturated heterocycles. The first-order valence-corrected chi connectivity index (χ1v) is 7.01. The average Bonchev–Trinajstić information content (AvgIpc) is 2.28. The third kappa shape index (κ3) is 3.99. The fourth-order valence-corrected chi connectivity index (χ4v) is 1.77. The number of benzene rings is 1. The van der Waals surface area contributed by atoms with Gasteiger partial charge in [-0.3, -0.25) is 0 Å². The molecule has 1 rings (SSSR count). The standard InChI is InChI=1S/C11H13FO5S/c1-3-16-11(13)10(12)17-8-4-6-9(7-5-8)18(2,14)15/h4-7,10H,3H2,1-2H3. The van der Waals surface area contributed by atoms with Gasteiger partial charge in [0.05, 0.1) is 11.5 Å². The molecule has 1 unspecified atom stereocenters. The molecule has 7 heteroatoms. The highest BCUT2D eigenvalue weighted by molar-refractivity contribution is 7.90. The van der Waals surface area contributed by atoms with Crippen LogP contribution in [0.25, 0.3) is 0 Å². The maximum atomic E-state index is 13.2. The van der Waals surface area contributed by atoms with Crippen molar-refractivity contribution >= 4 is 15.8 Å². The second-order valence-corrected chi connectivity index (χ2v) is 5.45. The van der Waals surface area contributed by atoms with Gasteiger partial charge in [-0.2, -0.15) is 4.39 Å². The first-order valence-electron chi connectivity index (χ1n) is 5.12. The Balaban J connectivity index is 2.73. The number of carbonyl (C=O) groups is 1. The maximum Gasteiger partial charge on any atom is 0.381 e. The molecule has 0 bridgehead atoms. The van der Waals surface area contributed by atoms with Crippen LogP contribution in [0, 0.1) is 0 Å². The van der Waals surface area contributed by atoms with Gasteiger partial charge >= 0.3 is 12.3 Å². The van der Waals surface area contributed by atoms with Crippen LogP contribution in [0.1, 0.15) is 6.92 Å². The van der Waals surface area contributed by atoms with E-state index in [0.717, 1.165) is 6.26 Å². The SMILES string of the molecule is CCOC(=O)C(F)Oc1ccc(S(C)(=O)=O)cc1. The van der Waals surface area contributed by atoms with Gasteiger partial charge in [0.2, 0.25) is 0 Å². The quantitative estimate of drug-likeness (QED) is 0.759. The van der Waals surface area contributed by atoms with E-state index in [-0.39, 0.29) is 17.3 Å². The number of esters is 1. The zero-order valence-corrected chi connectivity index (χ0v) is 10.7. The van der Waals surface area contributed by atoms with Crippen molar-refractivity contribution in [3.63, 3.8) is 0 Å². The Bertz CT molecular complexity index is 509. The molecule has 0 N–H and O–H groups in total. The van der Waals surface area contributed by atoms with Crippen LogP contribution >= 0.6 is 0 Å². The Labute approximate surface area is 104 Å². The highest BCUT2D eigenvalue weighted by Gasteiger charge is 2.20. The molecular formula is C11H13FO5S. The molecule has 0 saturated carbocycles. The highest BCUT2D eigenvalue weighted by Crippen LogP contribution is 2.17. The molecule has 0 spiro atoms. The van der Waals surface area contributed by atoms with Crippen LogP contribution in [-0.4, -0.2) is 33.6 Å². The molecule has 0 fully saturated rings. The van der Waals surface area contributed by atoms with Gasteiger partial charge in [-0.05, 0) is 31.2 Å². The van der Waals surface area contributed by atoms with E-state index < -0.39 is 22.2 Å². The van der Waals surface area contributed by atoms with Crippen LogP contribution in [0.5, 0.6) is 5.75 Å². The van der Waals surface area contributed by atoms with E-state index in [0.29, 0.717) is 0 Å². The number of rotatable bonds is 5. The molecule has 0 aromatic heterocycles. The van der Waals surface area contributed by atoms with Crippen molar-refractivity contribution in [2.75, 3.05) is 12.9 Å². The fourth-order valence-electron chi connectivity index (χ4n) is 1.14. The first-order chi connectivity index (χ1) is 8.34. The summed E-state index contributed by atoms with van der Waals surface area (Å²) in [6, 6.07) is 5.06. The van der Waals surface area contributed by atoms with Gasteiger partial charge < -0.3 is 9.47 Å². The summed E-state index contributed by atoms with van der Waals surface area (Å²) in [6.07, 6.45) is -1.17. The lowest BCUT2D eigenvalue weighted by molar-refractivity contribution is -0.159. The number of alkyl halides is 1. The van der Waals surface area contributed by atoms with Gasteiger partial charge in [0.15, 0.2) is 9.84 Å². The number of halogens is 1. The van der Waals surface area contributed by atoms with Gasteiger partial charge in [0.25, 0.3) is 0 Å². The van der Waals surface area contributed by atoms with Crippen LogP contribution in [0.2, 0.25) is 0 Å². The third-order valence-corrected chi connectivity index (χ3v) is 3.09. The molecule has 0 heterocycles. The fraction of sp³-hybridized carbons (Fsp3) is 0.364. The summed E-state index contributed by atoms with van der Waals surface area (Å²) in [5.74, 6) is -1.08. The lowest BCUT2D eigenvalue weighted by Crippen LogP contribution is -2.24. The van der Waals surface area contributed by atoms with Crippen molar-refractivity contribution < 1.29 is 27.1 Å². The summed E-state index contributed by atoms with van der Waals surface area (Å²) in [5.41, 5.74) is 0. The molecule has 100 valence electrons. The molecule has 5 nitrogen and oxygen atoms in total.